The molecule has 2 aliphatic rings. The molecular formula is C20H30ClN3O3. The van der Waals surface area contributed by atoms with Gasteiger partial charge in [0.2, 0.25) is 11.8 Å². The van der Waals surface area contributed by atoms with E-state index < -0.39 is 0 Å². The molecule has 2 amide bonds. The Morgan fingerprint density at radius 2 is 1.96 bits per heavy atom. The van der Waals surface area contributed by atoms with Crippen molar-refractivity contribution >= 4 is 29.9 Å². The second kappa shape index (κ2) is 9.42. The summed E-state index contributed by atoms with van der Waals surface area (Å²) in [6, 6.07) is 7.69. The van der Waals surface area contributed by atoms with E-state index in [9.17, 15) is 9.59 Å². The number of piperidine rings is 1. The third-order valence-corrected chi connectivity index (χ3v) is 5.53. The van der Waals surface area contributed by atoms with Gasteiger partial charge in [0.05, 0.1) is 18.2 Å². The fraction of sp³-hybridized carbons (Fsp3) is 0.600. The van der Waals surface area contributed by atoms with E-state index in [4.69, 9.17) is 10.5 Å². The van der Waals surface area contributed by atoms with E-state index in [1.54, 1.807) is 4.90 Å². The molecule has 0 saturated carbocycles. The van der Waals surface area contributed by atoms with E-state index in [1.165, 1.54) is 0 Å². The number of nitrogens with two attached hydrogens (primary N) is 1. The number of nitrogens with zero attached hydrogens (tertiary/aromatic N) is 2. The van der Waals surface area contributed by atoms with Crippen LogP contribution >= 0.6 is 12.4 Å². The molecule has 2 N–H and O–H groups in total. The molecule has 2 atom stereocenters. The van der Waals surface area contributed by atoms with Crippen molar-refractivity contribution in [3.63, 3.8) is 0 Å². The number of hydrogen-bond donors (Lipinski definition) is 1. The highest BCUT2D eigenvalue weighted by molar-refractivity contribution is 6.01. The Hall–Kier alpha value is -1.79. The van der Waals surface area contributed by atoms with E-state index in [0.29, 0.717) is 24.8 Å². The van der Waals surface area contributed by atoms with Gasteiger partial charge >= 0.3 is 0 Å². The smallest absolute Gasteiger partial charge is 0.228 e. The number of para-hydroxylation sites is 2. The molecule has 0 bridgehead atoms. The summed E-state index contributed by atoms with van der Waals surface area (Å²) in [6.45, 7) is 6.40. The van der Waals surface area contributed by atoms with Gasteiger partial charge in [0.15, 0.2) is 0 Å². The first-order valence-electron chi connectivity index (χ1n) is 9.57. The van der Waals surface area contributed by atoms with Crippen molar-refractivity contribution in [2.24, 2.45) is 17.6 Å². The number of likely N-dealkylation sites (tertiary alicyclic amines) is 1. The summed E-state index contributed by atoms with van der Waals surface area (Å²) in [5.41, 5.74) is 6.74. The fourth-order valence-corrected chi connectivity index (χ4v) is 3.97. The number of anilines is 1. The molecule has 2 heterocycles. The average molecular weight is 396 g/mol. The second-order valence-electron chi connectivity index (χ2n) is 7.33. The molecule has 7 heteroatoms. The Labute approximate surface area is 167 Å². The highest BCUT2D eigenvalue weighted by Gasteiger charge is 2.39. The summed E-state index contributed by atoms with van der Waals surface area (Å²) in [4.78, 5) is 29.1. The first-order chi connectivity index (χ1) is 12.5. The van der Waals surface area contributed by atoms with Crippen molar-refractivity contribution in [1.29, 1.82) is 0 Å². The third-order valence-electron chi connectivity index (χ3n) is 5.53. The van der Waals surface area contributed by atoms with Crippen LogP contribution in [0.15, 0.2) is 24.3 Å². The zero-order valence-corrected chi connectivity index (χ0v) is 16.9. The first kappa shape index (κ1) is 21.5. The molecule has 6 nitrogen and oxygen atoms in total. The van der Waals surface area contributed by atoms with Crippen molar-refractivity contribution < 1.29 is 14.3 Å². The largest absolute Gasteiger partial charge is 0.492 e. The van der Waals surface area contributed by atoms with Gasteiger partial charge in [-0.25, -0.2) is 0 Å². The molecule has 2 saturated heterocycles. The Morgan fingerprint density at radius 1 is 1.30 bits per heavy atom. The molecule has 0 spiro atoms. The van der Waals surface area contributed by atoms with Crippen LogP contribution in [0.1, 0.15) is 33.1 Å². The molecular weight excluding hydrogens is 366 g/mol. The van der Waals surface area contributed by atoms with E-state index in [1.807, 2.05) is 43.0 Å². The molecule has 1 aromatic carbocycles. The highest BCUT2D eigenvalue weighted by Crippen LogP contribution is 2.34. The van der Waals surface area contributed by atoms with Gasteiger partial charge < -0.3 is 20.3 Å². The maximum absolute atomic E-state index is 12.9. The summed E-state index contributed by atoms with van der Waals surface area (Å²) in [5, 5.41) is 0. The van der Waals surface area contributed by atoms with Gasteiger partial charge in [-0.1, -0.05) is 12.1 Å². The van der Waals surface area contributed by atoms with Crippen molar-refractivity contribution in [2.75, 3.05) is 31.1 Å². The third kappa shape index (κ3) is 4.74. The van der Waals surface area contributed by atoms with Gasteiger partial charge in [-0.2, -0.15) is 0 Å². The summed E-state index contributed by atoms with van der Waals surface area (Å²) in [6.07, 6.45) is 2.16. The van der Waals surface area contributed by atoms with Crippen molar-refractivity contribution in [2.45, 2.75) is 39.2 Å². The average Bonchev–Trinajstić information content (AvgIpc) is 3.03. The molecule has 2 unspecified atom stereocenters. The molecule has 2 fully saturated rings. The quantitative estimate of drug-likeness (QED) is 0.830. The zero-order valence-electron chi connectivity index (χ0n) is 16.1. The van der Waals surface area contributed by atoms with Crippen LogP contribution in [0.5, 0.6) is 5.75 Å². The van der Waals surface area contributed by atoms with Crippen LogP contribution in [0.3, 0.4) is 0 Å². The monoisotopic (exact) mass is 395 g/mol. The standard InChI is InChI=1S/C20H29N3O3.ClH/c1-3-26-18-7-5-4-6-17(18)23-13-16(12-19(23)24)20(25)22-10-8-15(9-11-22)14(2)21;/h4-7,14-16H,3,8-13,21H2,1-2H3;1H. The normalized spacial score (nSPS) is 21.7. The maximum Gasteiger partial charge on any atom is 0.228 e. The minimum Gasteiger partial charge on any atom is -0.492 e. The predicted molar refractivity (Wildman–Crippen MR) is 108 cm³/mol. The van der Waals surface area contributed by atoms with Gasteiger partial charge in [0, 0.05) is 32.1 Å². The van der Waals surface area contributed by atoms with Crippen molar-refractivity contribution in [1.82, 2.24) is 4.90 Å². The first-order valence-corrected chi connectivity index (χ1v) is 9.57. The minimum atomic E-state index is -0.274. The van der Waals surface area contributed by atoms with Crippen LogP contribution in [0.25, 0.3) is 0 Å². The molecule has 150 valence electrons. The molecule has 0 radical (unpaired) electrons. The molecule has 27 heavy (non-hydrogen) atoms. The number of hydrogen-bond acceptors (Lipinski definition) is 4. The number of ether oxygens (including phenoxy) is 1. The lowest BCUT2D eigenvalue weighted by atomic mass is 9.90. The van der Waals surface area contributed by atoms with Crippen LogP contribution in [0.4, 0.5) is 5.69 Å². The number of carbonyl (C=O) groups excluding carboxylic acids is 2. The fourth-order valence-electron chi connectivity index (χ4n) is 3.97. The summed E-state index contributed by atoms with van der Waals surface area (Å²) < 4.78 is 5.64. The van der Waals surface area contributed by atoms with Crippen LogP contribution in [0.2, 0.25) is 0 Å². The van der Waals surface area contributed by atoms with Crippen molar-refractivity contribution in [3.8, 4) is 5.75 Å². The Kier molecular flexibility index (Phi) is 7.50. The lowest BCUT2D eigenvalue weighted by Gasteiger charge is -2.35. The van der Waals surface area contributed by atoms with E-state index in [2.05, 4.69) is 0 Å². The molecule has 0 aliphatic carbocycles. The summed E-state index contributed by atoms with van der Waals surface area (Å²) in [5.74, 6) is 0.982. The van der Waals surface area contributed by atoms with Crippen LogP contribution in [0, 0.1) is 11.8 Å². The SMILES string of the molecule is CCOc1ccccc1N1CC(C(=O)N2CCC(C(C)N)CC2)CC1=O.Cl. The Bertz CT molecular complexity index is 660. The Balaban J connectivity index is 0.00000261. The van der Waals surface area contributed by atoms with Crippen LogP contribution in [-0.4, -0.2) is 49.0 Å². The second-order valence-corrected chi connectivity index (χ2v) is 7.33. The van der Waals surface area contributed by atoms with Gasteiger partial charge in [-0.15, -0.1) is 12.4 Å². The van der Waals surface area contributed by atoms with Gasteiger partial charge in [0.25, 0.3) is 0 Å². The minimum absolute atomic E-state index is 0. The van der Waals surface area contributed by atoms with Gasteiger partial charge in [0.1, 0.15) is 5.75 Å². The lowest BCUT2D eigenvalue weighted by Crippen LogP contribution is -2.45. The molecule has 3 rings (SSSR count). The number of rotatable bonds is 5. The number of benzene rings is 1. The zero-order chi connectivity index (χ0) is 18.7. The van der Waals surface area contributed by atoms with E-state index in [0.717, 1.165) is 31.6 Å². The maximum atomic E-state index is 12.9. The number of amides is 2. The Morgan fingerprint density at radius 3 is 2.59 bits per heavy atom. The topological polar surface area (TPSA) is 75.9 Å². The van der Waals surface area contributed by atoms with Gasteiger partial charge in [-0.3, -0.25) is 9.59 Å². The number of halogens is 1. The summed E-state index contributed by atoms with van der Waals surface area (Å²) in [7, 11) is 0. The van der Waals surface area contributed by atoms with Crippen molar-refractivity contribution in [3.05, 3.63) is 24.3 Å². The molecule has 1 aromatic rings. The van der Waals surface area contributed by atoms with Crippen LogP contribution < -0.4 is 15.4 Å². The lowest BCUT2D eigenvalue weighted by molar-refractivity contribution is -0.137. The van der Waals surface area contributed by atoms with Gasteiger partial charge in [-0.05, 0) is 44.7 Å². The highest BCUT2D eigenvalue weighted by atomic mass is 35.5. The predicted octanol–water partition coefficient (Wildman–Crippen LogP) is 2.45. The van der Waals surface area contributed by atoms with E-state index >= 15 is 0 Å². The summed E-state index contributed by atoms with van der Waals surface area (Å²) >= 11 is 0. The van der Waals surface area contributed by atoms with Crippen LogP contribution in [-0.2, 0) is 9.59 Å². The molecule has 2 aliphatic heterocycles. The number of carbonyl (C=O) groups is 2. The molecule has 0 aromatic heterocycles. The van der Waals surface area contributed by atoms with E-state index in [-0.39, 0.29) is 42.6 Å².